The number of methoxy groups -OCH3 is 1. The maximum Gasteiger partial charge on any atom is 0.254 e. The highest BCUT2D eigenvalue weighted by Gasteiger charge is 2.24. The summed E-state index contributed by atoms with van der Waals surface area (Å²) in [5.74, 6) is 1.47. The third-order valence-electron chi connectivity index (χ3n) is 5.18. The van der Waals surface area contributed by atoms with Gasteiger partial charge in [0.2, 0.25) is 10.0 Å². The predicted octanol–water partition coefficient (Wildman–Crippen LogP) is 4.75. The zero-order valence-electron chi connectivity index (χ0n) is 18.1. The van der Waals surface area contributed by atoms with Crippen molar-refractivity contribution in [2.24, 2.45) is 5.14 Å². The van der Waals surface area contributed by atoms with Gasteiger partial charge in [-0.2, -0.15) is 0 Å². The summed E-state index contributed by atoms with van der Waals surface area (Å²) in [7, 11) is -2.35. The number of hydrogen-bond acceptors (Lipinski definition) is 9. The van der Waals surface area contributed by atoms with Crippen molar-refractivity contribution < 1.29 is 22.1 Å². The first-order valence-corrected chi connectivity index (χ1v) is 12.4. The summed E-state index contributed by atoms with van der Waals surface area (Å²) in [5, 5.41) is 19.6. The number of sulfonamides is 1. The molecule has 0 atom stereocenters. The number of aryl methyl sites for hydroxylation is 1. The molecule has 2 N–H and O–H groups in total. The number of nitrogens with two attached hydrogens (primary N) is 1. The van der Waals surface area contributed by atoms with Gasteiger partial charge in [0.05, 0.1) is 12.7 Å². The van der Waals surface area contributed by atoms with Gasteiger partial charge in [0, 0.05) is 11.1 Å². The summed E-state index contributed by atoms with van der Waals surface area (Å²) >= 11 is 1.06. The van der Waals surface area contributed by atoms with Crippen LogP contribution in [0.2, 0.25) is 0 Å². The molecule has 0 aliphatic carbocycles. The van der Waals surface area contributed by atoms with Gasteiger partial charge in [-0.3, -0.25) is 0 Å². The van der Waals surface area contributed by atoms with Gasteiger partial charge >= 0.3 is 0 Å². The molecule has 0 saturated carbocycles. The second-order valence-corrected chi connectivity index (χ2v) is 10.00. The fourth-order valence-electron chi connectivity index (χ4n) is 3.62. The van der Waals surface area contributed by atoms with Crippen molar-refractivity contribution in [3.63, 3.8) is 0 Å². The van der Waals surface area contributed by atoms with Gasteiger partial charge in [0.1, 0.15) is 27.0 Å². The van der Waals surface area contributed by atoms with Crippen LogP contribution in [0.5, 0.6) is 5.75 Å². The SMILES string of the molecule is COc1cc(-c2ccsc2S(N)(=O)=O)ccc1-c1nnc(-c2c(-c3ccccc3)noc2C)o1. The standard InChI is InChI=1S/C23H18N4O5S2/c1-13-19(20(27-32-13)14-6-4-3-5-7-14)22-26-25-21(31-22)17-9-8-15(12-18(17)30-2)16-10-11-33-23(16)34(24,28)29/h3-12H,1-2H3,(H2,24,28,29). The first-order chi connectivity index (χ1) is 16.4. The molecule has 11 heteroatoms. The Morgan fingerprint density at radius 1 is 0.971 bits per heavy atom. The molecule has 0 unspecified atom stereocenters. The summed E-state index contributed by atoms with van der Waals surface area (Å²) in [6, 6.07) is 16.4. The van der Waals surface area contributed by atoms with Gasteiger partial charge < -0.3 is 13.7 Å². The lowest BCUT2D eigenvalue weighted by Gasteiger charge is -2.09. The van der Waals surface area contributed by atoms with Crippen molar-refractivity contribution in [1.82, 2.24) is 15.4 Å². The number of aromatic nitrogens is 3. The maximum atomic E-state index is 11.9. The molecule has 3 aromatic heterocycles. The summed E-state index contributed by atoms with van der Waals surface area (Å²) in [4.78, 5) is 0. The quantitative estimate of drug-likeness (QED) is 0.357. The molecule has 34 heavy (non-hydrogen) atoms. The average Bonchev–Trinajstić information content (AvgIpc) is 3.58. The molecule has 5 rings (SSSR count). The van der Waals surface area contributed by atoms with Gasteiger partial charge in [-0.15, -0.1) is 21.5 Å². The van der Waals surface area contributed by atoms with Crippen molar-refractivity contribution in [3.8, 4) is 51.0 Å². The minimum atomic E-state index is -3.85. The van der Waals surface area contributed by atoms with E-state index in [9.17, 15) is 8.42 Å². The second-order valence-electron chi connectivity index (χ2n) is 7.32. The largest absolute Gasteiger partial charge is 0.496 e. The summed E-state index contributed by atoms with van der Waals surface area (Å²) in [6.07, 6.45) is 0. The topological polar surface area (TPSA) is 134 Å². The lowest BCUT2D eigenvalue weighted by atomic mass is 10.1. The van der Waals surface area contributed by atoms with E-state index in [1.807, 2.05) is 30.3 Å². The fourth-order valence-corrected chi connectivity index (χ4v) is 5.45. The van der Waals surface area contributed by atoms with E-state index in [4.69, 9.17) is 18.8 Å². The Morgan fingerprint density at radius 2 is 1.74 bits per heavy atom. The van der Waals surface area contributed by atoms with E-state index in [0.29, 0.717) is 39.5 Å². The first kappa shape index (κ1) is 22.0. The molecule has 0 fully saturated rings. The van der Waals surface area contributed by atoms with E-state index in [1.54, 1.807) is 36.6 Å². The van der Waals surface area contributed by atoms with E-state index >= 15 is 0 Å². The van der Waals surface area contributed by atoms with Crippen molar-refractivity contribution in [3.05, 3.63) is 65.7 Å². The van der Waals surface area contributed by atoms with Crippen LogP contribution in [0.15, 0.2) is 73.1 Å². The monoisotopic (exact) mass is 494 g/mol. The van der Waals surface area contributed by atoms with Crippen LogP contribution in [0.1, 0.15) is 5.76 Å². The minimum absolute atomic E-state index is 0.0822. The molecule has 5 aromatic rings. The number of nitrogens with zero attached hydrogens (tertiary/aromatic N) is 3. The number of benzene rings is 2. The first-order valence-electron chi connectivity index (χ1n) is 10.0. The van der Waals surface area contributed by atoms with E-state index in [2.05, 4.69) is 15.4 Å². The lowest BCUT2D eigenvalue weighted by molar-refractivity contribution is 0.399. The normalized spacial score (nSPS) is 11.6. The lowest BCUT2D eigenvalue weighted by Crippen LogP contribution is -2.11. The van der Waals surface area contributed by atoms with E-state index in [1.165, 1.54) is 7.11 Å². The van der Waals surface area contributed by atoms with Crippen molar-refractivity contribution >= 4 is 21.4 Å². The number of primary sulfonamides is 1. The maximum absolute atomic E-state index is 11.9. The van der Waals surface area contributed by atoms with Crippen LogP contribution < -0.4 is 9.88 Å². The number of hydrogen-bond donors (Lipinski definition) is 1. The number of thiophene rings is 1. The number of rotatable bonds is 6. The van der Waals surface area contributed by atoms with Gasteiger partial charge in [0.25, 0.3) is 11.8 Å². The molecule has 0 aliphatic rings. The molecular formula is C23H18N4O5S2. The third-order valence-corrected chi connectivity index (χ3v) is 7.61. The molecule has 0 aliphatic heterocycles. The molecule has 9 nitrogen and oxygen atoms in total. The Bertz CT molecular complexity index is 1590. The minimum Gasteiger partial charge on any atom is -0.496 e. The van der Waals surface area contributed by atoms with Crippen LogP contribution in [0.3, 0.4) is 0 Å². The Balaban J connectivity index is 1.55. The number of ether oxygens (including phenoxy) is 1. The van der Waals surface area contributed by atoms with Crippen LogP contribution in [-0.2, 0) is 10.0 Å². The summed E-state index contributed by atoms with van der Waals surface area (Å²) in [5.41, 5.74) is 3.74. The van der Waals surface area contributed by atoms with Gasteiger partial charge in [-0.05, 0) is 36.1 Å². The fraction of sp³-hybridized carbons (Fsp3) is 0.0870. The Kier molecular flexibility index (Phi) is 5.52. The highest BCUT2D eigenvalue weighted by atomic mass is 32.2. The van der Waals surface area contributed by atoms with Crippen LogP contribution >= 0.6 is 11.3 Å². The molecule has 0 radical (unpaired) electrons. The van der Waals surface area contributed by atoms with E-state index in [-0.39, 0.29) is 16.0 Å². The van der Waals surface area contributed by atoms with E-state index in [0.717, 1.165) is 16.9 Å². The van der Waals surface area contributed by atoms with Gasteiger partial charge in [0.15, 0.2) is 0 Å². The van der Waals surface area contributed by atoms with Crippen molar-refractivity contribution in [2.75, 3.05) is 7.11 Å². The van der Waals surface area contributed by atoms with E-state index < -0.39 is 10.0 Å². The van der Waals surface area contributed by atoms with Crippen LogP contribution in [0.25, 0.3) is 45.3 Å². The zero-order chi connectivity index (χ0) is 23.9. The molecule has 3 heterocycles. The van der Waals surface area contributed by atoms with Crippen LogP contribution in [-0.4, -0.2) is 30.9 Å². The Hall–Kier alpha value is -3.80. The van der Waals surface area contributed by atoms with Crippen LogP contribution in [0.4, 0.5) is 0 Å². The molecule has 0 amide bonds. The summed E-state index contributed by atoms with van der Waals surface area (Å²) in [6.45, 7) is 1.78. The van der Waals surface area contributed by atoms with Gasteiger partial charge in [-0.25, -0.2) is 13.6 Å². The highest BCUT2D eigenvalue weighted by molar-refractivity contribution is 7.91. The second kappa shape index (κ2) is 8.52. The Labute approximate surface area is 198 Å². The molecule has 2 aromatic carbocycles. The molecular weight excluding hydrogens is 476 g/mol. The predicted molar refractivity (Wildman–Crippen MR) is 127 cm³/mol. The third kappa shape index (κ3) is 3.89. The van der Waals surface area contributed by atoms with Gasteiger partial charge in [-0.1, -0.05) is 41.6 Å². The molecule has 0 saturated heterocycles. The van der Waals surface area contributed by atoms with Crippen molar-refractivity contribution in [1.29, 1.82) is 0 Å². The average molecular weight is 495 g/mol. The zero-order valence-corrected chi connectivity index (χ0v) is 19.7. The highest BCUT2D eigenvalue weighted by Crippen LogP contribution is 2.39. The smallest absolute Gasteiger partial charge is 0.254 e. The molecule has 0 bridgehead atoms. The molecule has 0 spiro atoms. The van der Waals surface area contributed by atoms with Crippen molar-refractivity contribution in [2.45, 2.75) is 11.1 Å². The summed E-state index contributed by atoms with van der Waals surface area (Å²) < 4.78 is 40.8. The molecule has 172 valence electrons. The van der Waals surface area contributed by atoms with Crippen LogP contribution in [0, 0.1) is 6.92 Å². The Morgan fingerprint density at radius 3 is 2.47 bits per heavy atom.